The van der Waals surface area contributed by atoms with Crippen molar-refractivity contribution < 1.29 is 19.3 Å². The van der Waals surface area contributed by atoms with Crippen LogP contribution in [0.2, 0.25) is 0 Å². The normalized spacial score (nSPS) is 27.8. The average molecular weight is 307 g/mol. The number of aliphatic hydroxyl groups is 1. The summed E-state index contributed by atoms with van der Waals surface area (Å²) in [5.41, 5.74) is 0.355. The minimum atomic E-state index is -0.576. The molecule has 0 spiro atoms. The van der Waals surface area contributed by atoms with Crippen LogP contribution in [0.5, 0.6) is 11.5 Å². The number of fused-ring (bicyclic) bond motifs is 1. The van der Waals surface area contributed by atoms with Crippen LogP contribution in [-0.4, -0.2) is 54.6 Å². The zero-order valence-electron chi connectivity index (χ0n) is 13.5. The van der Waals surface area contributed by atoms with E-state index in [2.05, 4.69) is 4.90 Å². The van der Waals surface area contributed by atoms with Gasteiger partial charge in [-0.3, -0.25) is 4.90 Å². The molecule has 1 saturated heterocycles. The molecule has 22 heavy (non-hydrogen) atoms. The molecule has 3 rings (SSSR count). The van der Waals surface area contributed by atoms with Crippen molar-refractivity contribution in [1.29, 1.82) is 0 Å². The van der Waals surface area contributed by atoms with E-state index in [1.165, 1.54) is 0 Å². The third-order valence-electron chi connectivity index (χ3n) is 4.44. The molecule has 0 amide bonds. The first-order valence-electron chi connectivity index (χ1n) is 7.98. The Bertz CT molecular complexity index is 525. The summed E-state index contributed by atoms with van der Waals surface area (Å²) in [6, 6.07) is 5.60. The molecule has 0 aliphatic carbocycles. The Morgan fingerprint density at radius 2 is 2.05 bits per heavy atom. The highest BCUT2D eigenvalue weighted by Crippen LogP contribution is 2.43. The molecular weight excluding hydrogens is 282 g/mol. The number of nitrogens with zero attached hydrogens (tertiary/aromatic N) is 1. The fourth-order valence-corrected chi connectivity index (χ4v) is 3.49. The fraction of sp³-hybridized carbons (Fsp3) is 0.647. The van der Waals surface area contributed by atoms with E-state index < -0.39 is 11.7 Å². The van der Waals surface area contributed by atoms with Crippen molar-refractivity contribution in [3.63, 3.8) is 0 Å². The van der Waals surface area contributed by atoms with Crippen molar-refractivity contribution >= 4 is 0 Å². The Balaban J connectivity index is 1.91. The minimum Gasteiger partial charge on any atom is -0.494 e. The summed E-state index contributed by atoms with van der Waals surface area (Å²) in [7, 11) is 0. The Morgan fingerprint density at radius 3 is 2.73 bits per heavy atom. The van der Waals surface area contributed by atoms with Crippen molar-refractivity contribution in [3.8, 4) is 11.5 Å². The smallest absolute Gasteiger partial charge is 0.129 e. The molecular formula is C17H25NO4. The first kappa shape index (κ1) is 15.6. The van der Waals surface area contributed by atoms with Gasteiger partial charge in [-0.1, -0.05) is 0 Å². The Labute approximate surface area is 131 Å². The van der Waals surface area contributed by atoms with Crippen LogP contribution in [0.4, 0.5) is 0 Å². The first-order chi connectivity index (χ1) is 10.5. The van der Waals surface area contributed by atoms with Gasteiger partial charge >= 0.3 is 0 Å². The molecule has 0 radical (unpaired) electrons. The monoisotopic (exact) mass is 307 g/mol. The van der Waals surface area contributed by atoms with Crippen LogP contribution in [0.15, 0.2) is 18.2 Å². The molecule has 2 aliphatic rings. The zero-order valence-corrected chi connectivity index (χ0v) is 13.5. The van der Waals surface area contributed by atoms with E-state index >= 15 is 0 Å². The Hall–Kier alpha value is -1.30. The van der Waals surface area contributed by atoms with Gasteiger partial charge in [-0.2, -0.15) is 0 Å². The van der Waals surface area contributed by atoms with Crippen LogP contribution in [0.3, 0.4) is 0 Å². The van der Waals surface area contributed by atoms with Gasteiger partial charge in [0.1, 0.15) is 23.2 Å². The highest BCUT2D eigenvalue weighted by molar-refractivity contribution is 5.45. The summed E-state index contributed by atoms with van der Waals surface area (Å²) < 4.78 is 17.2. The highest BCUT2D eigenvalue weighted by Gasteiger charge is 2.46. The van der Waals surface area contributed by atoms with Gasteiger partial charge in [0.05, 0.1) is 25.9 Å². The van der Waals surface area contributed by atoms with E-state index in [0.29, 0.717) is 25.6 Å². The van der Waals surface area contributed by atoms with E-state index in [4.69, 9.17) is 14.2 Å². The molecule has 1 aromatic carbocycles. The maximum atomic E-state index is 10.9. The van der Waals surface area contributed by atoms with Crippen LogP contribution in [0.25, 0.3) is 0 Å². The number of morpholine rings is 1. The van der Waals surface area contributed by atoms with Crippen molar-refractivity contribution in [1.82, 2.24) is 4.90 Å². The molecule has 2 aliphatic heterocycles. The van der Waals surface area contributed by atoms with Crippen LogP contribution < -0.4 is 9.47 Å². The highest BCUT2D eigenvalue weighted by atomic mass is 16.5. The van der Waals surface area contributed by atoms with Gasteiger partial charge < -0.3 is 19.3 Å². The summed E-state index contributed by atoms with van der Waals surface area (Å²) in [6.45, 7) is 9.68. The van der Waals surface area contributed by atoms with Crippen molar-refractivity contribution in [2.24, 2.45) is 0 Å². The predicted octanol–water partition coefficient (Wildman–Crippen LogP) is 1.99. The SMILES string of the molecule is CCOc1ccc2c(c1)OC(C)(C)C(N1CCOCC1)C2O. The number of hydrogen-bond acceptors (Lipinski definition) is 5. The molecule has 0 saturated carbocycles. The molecule has 1 aromatic rings. The summed E-state index contributed by atoms with van der Waals surface area (Å²) >= 11 is 0. The van der Waals surface area contributed by atoms with Gasteiger partial charge in [-0.05, 0) is 32.9 Å². The summed E-state index contributed by atoms with van der Waals surface area (Å²) in [5.74, 6) is 1.49. The number of hydrogen-bond donors (Lipinski definition) is 1. The molecule has 122 valence electrons. The Kier molecular flexibility index (Phi) is 4.30. The summed E-state index contributed by atoms with van der Waals surface area (Å²) in [4.78, 5) is 2.27. The fourth-order valence-electron chi connectivity index (χ4n) is 3.49. The second kappa shape index (κ2) is 6.07. The lowest BCUT2D eigenvalue weighted by Gasteiger charge is -2.49. The lowest BCUT2D eigenvalue weighted by atomic mass is 9.84. The number of ether oxygens (including phenoxy) is 3. The largest absolute Gasteiger partial charge is 0.494 e. The van der Waals surface area contributed by atoms with E-state index in [-0.39, 0.29) is 6.04 Å². The van der Waals surface area contributed by atoms with Crippen LogP contribution in [0.1, 0.15) is 32.4 Å². The van der Waals surface area contributed by atoms with Gasteiger partial charge in [-0.15, -0.1) is 0 Å². The van der Waals surface area contributed by atoms with Crippen molar-refractivity contribution in [3.05, 3.63) is 23.8 Å². The van der Waals surface area contributed by atoms with Crippen molar-refractivity contribution in [2.75, 3.05) is 32.9 Å². The summed E-state index contributed by atoms with van der Waals surface area (Å²) in [5, 5.41) is 10.9. The number of benzene rings is 1. The third kappa shape index (κ3) is 2.81. The van der Waals surface area contributed by atoms with Gasteiger partial charge in [0, 0.05) is 24.7 Å². The maximum absolute atomic E-state index is 10.9. The van der Waals surface area contributed by atoms with E-state index in [1.807, 2.05) is 39.0 Å². The quantitative estimate of drug-likeness (QED) is 0.925. The van der Waals surface area contributed by atoms with Crippen LogP contribution in [-0.2, 0) is 4.74 Å². The van der Waals surface area contributed by atoms with E-state index in [0.717, 1.165) is 24.4 Å². The average Bonchev–Trinajstić information content (AvgIpc) is 2.47. The standard InChI is InChI=1S/C17H25NO4/c1-4-21-12-5-6-13-14(11-12)22-17(2,3)16(15(13)19)18-7-9-20-10-8-18/h5-6,11,15-16,19H,4,7-10H2,1-3H3. The molecule has 1 N–H and O–H groups in total. The molecule has 0 aromatic heterocycles. The summed E-state index contributed by atoms with van der Waals surface area (Å²) in [6.07, 6.45) is -0.576. The second-order valence-corrected chi connectivity index (χ2v) is 6.38. The number of rotatable bonds is 3. The first-order valence-corrected chi connectivity index (χ1v) is 7.98. The minimum absolute atomic E-state index is 0.0816. The number of aliphatic hydroxyl groups excluding tert-OH is 1. The van der Waals surface area contributed by atoms with Gasteiger partial charge in [0.2, 0.25) is 0 Å². The molecule has 5 nitrogen and oxygen atoms in total. The van der Waals surface area contributed by atoms with Crippen LogP contribution >= 0.6 is 0 Å². The molecule has 2 atom stereocenters. The third-order valence-corrected chi connectivity index (χ3v) is 4.44. The predicted molar refractivity (Wildman–Crippen MR) is 83.5 cm³/mol. The molecule has 5 heteroatoms. The molecule has 2 heterocycles. The maximum Gasteiger partial charge on any atom is 0.129 e. The second-order valence-electron chi connectivity index (χ2n) is 6.38. The zero-order chi connectivity index (χ0) is 15.7. The molecule has 0 bridgehead atoms. The van der Waals surface area contributed by atoms with E-state index in [9.17, 15) is 5.11 Å². The van der Waals surface area contributed by atoms with E-state index in [1.54, 1.807) is 0 Å². The van der Waals surface area contributed by atoms with Crippen molar-refractivity contribution in [2.45, 2.75) is 38.5 Å². The lowest BCUT2D eigenvalue weighted by molar-refractivity contribution is -0.106. The topological polar surface area (TPSA) is 51.2 Å². The van der Waals surface area contributed by atoms with Gasteiger partial charge in [0.25, 0.3) is 0 Å². The van der Waals surface area contributed by atoms with Gasteiger partial charge in [0.15, 0.2) is 0 Å². The molecule has 1 fully saturated rings. The molecule has 2 unspecified atom stereocenters. The van der Waals surface area contributed by atoms with Gasteiger partial charge in [-0.25, -0.2) is 0 Å². The van der Waals surface area contributed by atoms with Crippen LogP contribution in [0, 0.1) is 0 Å². The lowest BCUT2D eigenvalue weighted by Crippen LogP contribution is -2.60. The Morgan fingerprint density at radius 1 is 1.32 bits per heavy atom.